The van der Waals surface area contributed by atoms with Crippen molar-refractivity contribution in [3.05, 3.63) is 126 Å². The third kappa shape index (κ3) is 9.45. The molecule has 2 aromatic heterocycles. The maximum Gasteiger partial charge on any atom is 0.254 e. The summed E-state index contributed by atoms with van der Waals surface area (Å²) in [7, 11) is -7.08. The monoisotopic (exact) mass is 812 g/mol. The summed E-state index contributed by atoms with van der Waals surface area (Å²) in [5.41, 5.74) is 4.71. The molecule has 0 amide bonds. The molecule has 0 spiro atoms. The van der Waals surface area contributed by atoms with E-state index in [1.165, 1.54) is 21.3 Å². The lowest BCUT2D eigenvalue weighted by molar-refractivity contribution is 0.479. The lowest BCUT2D eigenvalue weighted by atomic mass is 9.99. The molecule has 0 bridgehead atoms. The third-order valence-corrected chi connectivity index (χ3v) is 14.7. The molecule has 56 heavy (non-hydrogen) atoms. The lowest BCUT2D eigenvalue weighted by Gasteiger charge is -2.27. The summed E-state index contributed by atoms with van der Waals surface area (Å²) in [6.07, 6.45) is 7.76. The van der Waals surface area contributed by atoms with Gasteiger partial charge in [0.15, 0.2) is 0 Å². The predicted octanol–water partition coefficient (Wildman–Crippen LogP) is 8.14. The van der Waals surface area contributed by atoms with Crippen LogP contribution in [0.2, 0.25) is 0 Å². The number of nitrogens with one attached hydrogen (secondary N) is 2. The van der Waals surface area contributed by atoms with Crippen LogP contribution in [0.1, 0.15) is 123 Å². The Bertz CT molecular complexity index is 2280. The van der Waals surface area contributed by atoms with Crippen molar-refractivity contribution in [3.63, 3.8) is 0 Å². The zero-order chi connectivity index (χ0) is 41.3. The number of aryl methyl sites for hydroxylation is 2. The minimum atomic E-state index is -3.54. The van der Waals surface area contributed by atoms with Crippen LogP contribution < -0.4 is 20.6 Å². The van der Waals surface area contributed by atoms with Crippen LogP contribution in [0.5, 0.6) is 0 Å². The molecule has 2 aromatic carbocycles. The zero-order valence-electron chi connectivity index (χ0n) is 33.5. The van der Waals surface area contributed by atoms with E-state index in [-0.39, 0.29) is 47.7 Å². The Labute approximate surface area is 329 Å². The number of sulfonamides is 2. The van der Waals surface area contributed by atoms with Crippen molar-refractivity contribution in [1.82, 2.24) is 9.13 Å². The van der Waals surface area contributed by atoms with Crippen LogP contribution >= 0.6 is 0 Å². The summed E-state index contributed by atoms with van der Waals surface area (Å²) < 4.78 is 88.1. The van der Waals surface area contributed by atoms with Crippen LogP contribution in [0.4, 0.5) is 20.2 Å². The van der Waals surface area contributed by atoms with Gasteiger partial charge in [0.05, 0.1) is 21.9 Å². The van der Waals surface area contributed by atoms with Crippen LogP contribution in [-0.4, -0.2) is 36.5 Å². The Kier molecular flexibility index (Phi) is 13.0. The van der Waals surface area contributed by atoms with Crippen molar-refractivity contribution in [1.29, 1.82) is 0 Å². The molecule has 2 saturated carbocycles. The van der Waals surface area contributed by atoms with Gasteiger partial charge < -0.3 is 9.13 Å². The first-order valence-corrected chi connectivity index (χ1v) is 22.3. The van der Waals surface area contributed by atoms with Gasteiger partial charge in [-0.25, -0.2) is 25.6 Å². The van der Waals surface area contributed by atoms with Gasteiger partial charge in [0.1, 0.15) is 11.6 Å². The molecule has 4 aromatic rings. The average Bonchev–Trinajstić information content (AvgIpc) is 3.03. The number of rotatable bonds is 12. The number of hydrogen-bond acceptors (Lipinski definition) is 6. The second-order valence-electron chi connectivity index (χ2n) is 15.8. The second-order valence-corrected chi connectivity index (χ2v) is 19.8. The van der Waals surface area contributed by atoms with E-state index >= 15 is 0 Å². The van der Waals surface area contributed by atoms with Gasteiger partial charge in [0, 0.05) is 48.4 Å². The van der Waals surface area contributed by atoms with Crippen molar-refractivity contribution in [2.75, 3.05) is 9.44 Å². The molecule has 0 radical (unpaired) electrons. The van der Waals surface area contributed by atoms with Crippen LogP contribution in [0, 0.1) is 39.3 Å². The molecule has 0 saturated heterocycles. The Morgan fingerprint density at radius 3 is 1.23 bits per heavy atom. The van der Waals surface area contributed by atoms with E-state index in [0.29, 0.717) is 70.4 Å². The molecule has 0 unspecified atom stereocenters. The first-order valence-electron chi connectivity index (χ1n) is 19.2. The predicted molar refractivity (Wildman–Crippen MR) is 220 cm³/mol. The van der Waals surface area contributed by atoms with Crippen LogP contribution in [0.15, 0.2) is 58.4 Å². The Morgan fingerprint density at radius 1 is 0.625 bits per heavy atom. The number of nitrogens with zero attached hydrogens (tertiary/aromatic N) is 2. The van der Waals surface area contributed by atoms with E-state index in [1.807, 2.05) is 27.7 Å². The van der Waals surface area contributed by atoms with Gasteiger partial charge in [-0.15, -0.1) is 0 Å². The van der Waals surface area contributed by atoms with E-state index in [0.717, 1.165) is 24.0 Å². The minimum absolute atomic E-state index is 0.122. The van der Waals surface area contributed by atoms with Crippen molar-refractivity contribution < 1.29 is 25.6 Å². The topological polar surface area (TPSA) is 136 Å². The molecule has 14 heteroatoms. The molecule has 304 valence electrons. The first kappa shape index (κ1) is 42.8. The second kappa shape index (κ2) is 17.1. The number of benzene rings is 2. The van der Waals surface area contributed by atoms with Crippen LogP contribution in [0.25, 0.3) is 0 Å². The highest BCUT2D eigenvalue weighted by Gasteiger charge is 2.33. The van der Waals surface area contributed by atoms with Crippen LogP contribution in [0.3, 0.4) is 0 Å². The SMILES string of the molecule is Cc1ccc(Cc2c(NS(=O)(=O)C3CCC3)cn(C(C)C)c(=O)c2C)c(F)c1.Cc1ccc(Cc2c(NS(=O)(=O)C3CCC3)cn(C(C)C)c(=O)c2C)c(F)c1. The average molecular weight is 813 g/mol. The smallest absolute Gasteiger partial charge is 0.254 e. The molecule has 6 rings (SSSR count). The number of halogens is 2. The molecule has 2 aliphatic rings. The summed E-state index contributed by atoms with van der Waals surface area (Å²) in [5.74, 6) is -0.722. The summed E-state index contributed by atoms with van der Waals surface area (Å²) >= 11 is 0. The zero-order valence-corrected chi connectivity index (χ0v) is 35.1. The summed E-state index contributed by atoms with van der Waals surface area (Å²) in [6, 6.07) is 9.62. The van der Waals surface area contributed by atoms with E-state index in [9.17, 15) is 35.2 Å². The van der Waals surface area contributed by atoms with Crippen molar-refractivity contribution in [2.45, 2.75) is 129 Å². The molecule has 10 nitrogen and oxygen atoms in total. The molecule has 2 N–H and O–H groups in total. The normalized spacial score (nSPS) is 14.9. The highest BCUT2D eigenvalue weighted by molar-refractivity contribution is 7.93. The van der Waals surface area contributed by atoms with Crippen molar-refractivity contribution in [2.24, 2.45) is 0 Å². The number of hydrogen-bond donors (Lipinski definition) is 2. The first-order chi connectivity index (χ1) is 26.2. The Morgan fingerprint density at radius 2 is 0.964 bits per heavy atom. The van der Waals surface area contributed by atoms with Gasteiger partial charge in [-0.3, -0.25) is 19.0 Å². The molecule has 0 atom stereocenters. The van der Waals surface area contributed by atoms with Gasteiger partial charge >= 0.3 is 0 Å². The Hall–Kier alpha value is -4.30. The lowest BCUT2D eigenvalue weighted by Crippen LogP contribution is -2.35. The van der Waals surface area contributed by atoms with Crippen molar-refractivity contribution >= 4 is 31.4 Å². The van der Waals surface area contributed by atoms with Gasteiger partial charge in [0.25, 0.3) is 11.1 Å². The highest BCUT2D eigenvalue weighted by atomic mass is 32.2. The number of pyridine rings is 2. The fourth-order valence-electron chi connectivity index (χ4n) is 6.81. The van der Waals surface area contributed by atoms with Crippen LogP contribution in [-0.2, 0) is 32.9 Å². The standard InChI is InChI=1S/2C21H27FN2O3S/c2*1-13(2)24-12-20(23-28(26,27)17-6-5-7-17)18(15(4)21(24)25)11-16-9-8-14(3)10-19(16)22/h2*8-10,12-13,17,23H,5-7,11H2,1-4H3. The maximum absolute atomic E-state index is 14.4. The molecular weight excluding hydrogens is 759 g/mol. The fraction of sp³-hybridized carbons (Fsp3) is 0.476. The summed E-state index contributed by atoms with van der Waals surface area (Å²) in [5, 5.41) is -0.813. The molecular formula is C42H54F2N4O6S2. The molecule has 0 aliphatic heterocycles. The van der Waals surface area contributed by atoms with Gasteiger partial charge in [-0.05, 0) is 127 Å². The molecule has 2 aliphatic carbocycles. The fourth-order valence-corrected chi connectivity index (χ4v) is 10.0. The summed E-state index contributed by atoms with van der Waals surface area (Å²) in [4.78, 5) is 25.5. The number of aromatic nitrogens is 2. The molecule has 2 fully saturated rings. The largest absolute Gasteiger partial charge is 0.311 e. The highest BCUT2D eigenvalue weighted by Crippen LogP contribution is 2.32. The molecule has 2 heterocycles. The van der Waals surface area contributed by atoms with E-state index in [4.69, 9.17) is 0 Å². The van der Waals surface area contributed by atoms with E-state index in [2.05, 4.69) is 9.44 Å². The van der Waals surface area contributed by atoms with Crippen molar-refractivity contribution in [3.8, 4) is 0 Å². The Balaban J connectivity index is 0.000000214. The quantitative estimate of drug-likeness (QED) is 0.148. The van der Waals surface area contributed by atoms with E-state index in [1.54, 1.807) is 64.4 Å². The van der Waals surface area contributed by atoms with Gasteiger partial charge in [0.2, 0.25) is 20.0 Å². The minimum Gasteiger partial charge on any atom is -0.311 e. The van der Waals surface area contributed by atoms with E-state index < -0.39 is 30.5 Å². The number of anilines is 2. The van der Waals surface area contributed by atoms with Gasteiger partial charge in [-0.2, -0.15) is 0 Å². The van der Waals surface area contributed by atoms with Gasteiger partial charge in [-0.1, -0.05) is 37.1 Å². The third-order valence-electron chi connectivity index (χ3n) is 11.0. The summed E-state index contributed by atoms with van der Waals surface area (Å²) in [6.45, 7) is 14.4. The maximum atomic E-state index is 14.4.